The van der Waals surface area contributed by atoms with Crippen molar-refractivity contribution in [3.8, 4) is 21.1 Å². The zero-order valence-corrected chi connectivity index (χ0v) is 20.6. The minimum absolute atomic E-state index is 0.0113. The molecule has 2 aliphatic heterocycles. The second-order valence-corrected chi connectivity index (χ2v) is 10.2. The minimum atomic E-state index is -0.0113. The van der Waals surface area contributed by atoms with Crippen LogP contribution in [0.1, 0.15) is 28.9 Å². The van der Waals surface area contributed by atoms with E-state index in [1.54, 1.807) is 12.4 Å². The Bertz CT molecular complexity index is 1340. The monoisotopic (exact) mass is 488 g/mol. The predicted molar refractivity (Wildman–Crippen MR) is 136 cm³/mol. The van der Waals surface area contributed by atoms with Crippen molar-refractivity contribution in [2.24, 2.45) is 0 Å². The Hall–Kier alpha value is -3.14. The van der Waals surface area contributed by atoms with Crippen molar-refractivity contribution in [1.29, 1.82) is 0 Å². The first-order valence-corrected chi connectivity index (χ1v) is 13.0. The molecule has 6 rings (SSSR count). The lowest BCUT2D eigenvalue weighted by Crippen LogP contribution is -2.50. The predicted octanol–water partition coefficient (Wildman–Crippen LogP) is 3.99. The lowest BCUT2D eigenvalue weighted by atomic mass is 10.0. The molecule has 2 saturated heterocycles. The maximum atomic E-state index is 13.8. The molecule has 0 aliphatic carbocycles. The maximum absolute atomic E-state index is 13.8. The number of nitrogens with zero attached hydrogens (tertiary/aromatic N) is 5. The van der Waals surface area contributed by atoms with Crippen LogP contribution in [0.2, 0.25) is 0 Å². The molecule has 0 atom stereocenters. The van der Waals surface area contributed by atoms with Crippen molar-refractivity contribution in [3.05, 3.63) is 54.0 Å². The standard InChI is InChI=1S/C26H28N6O2S/c1-17-4-2-6-20-21(17)29-30-22(20)25-28-23(24(35-25)18-5-3-9-27-16-18)26(33)32-10-7-19(8-11-32)31-12-14-34-15-13-31/h2-6,9,16,19H,7-8,10-15H2,1H3,(H,29,30). The number of rotatable bonds is 4. The third-order valence-corrected chi connectivity index (χ3v) is 8.19. The lowest BCUT2D eigenvalue weighted by molar-refractivity contribution is 0.00154. The highest BCUT2D eigenvalue weighted by Gasteiger charge is 2.31. The van der Waals surface area contributed by atoms with E-state index >= 15 is 0 Å². The number of ether oxygens (including phenoxy) is 1. The molecule has 8 nitrogen and oxygen atoms in total. The van der Waals surface area contributed by atoms with Crippen molar-refractivity contribution < 1.29 is 9.53 Å². The van der Waals surface area contributed by atoms with Crippen molar-refractivity contribution in [2.45, 2.75) is 25.8 Å². The smallest absolute Gasteiger partial charge is 0.274 e. The van der Waals surface area contributed by atoms with Crippen LogP contribution >= 0.6 is 11.3 Å². The van der Waals surface area contributed by atoms with E-state index < -0.39 is 0 Å². The number of hydrogen-bond donors (Lipinski definition) is 1. The number of para-hydroxylation sites is 1. The second kappa shape index (κ2) is 9.49. The van der Waals surface area contributed by atoms with Crippen LogP contribution in [0.4, 0.5) is 0 Å². The van der Waals surface area contributed by atoms with Gasteiger partial charge in [0.25, 0.3) is 5.91 Å². The fourth-order valence-electron chi connectivity index (χ4n) is 5.13. The molecule has 5 heterocycles. The van der Waals surface area contributed by atoms with Gasteiger partial charge < -0.3 is 9.64 Å². The van der Waals surface area contributed by atoms with E-state index in [-0.39, 0.29) is 5.91 Å². The number of carbonyl (C=O) groups excluding carboxylic acids is 1. The van der Waals surface area contributed by atoms with E-state index in [9.17, 15) is 4.79 Å². The van der Waals surface area contributed by atoms with Crippen molar-refractivity contribution in [2.75, 3.05) is 39.4 Å². The van der Waals surface area contributed by atoms with E-state index in [0.29, 0.717) is 11.7 Å². The molecule has 2 aliphatic rings. The number of benzene rings is 1. The number of fused-ring (bicyclic) bond motifs is 1. The van der Waals surface area contributed by atoms with E-state index in [1.165, 1.54) is 11.3 Å². The summed E-state index contributed by atoms with van der Waals surface area (Å²) in [4.78, 5) is 28.3. The highest BCUT2D eigenvalue weighted by atomic mass is 32.1. The van der Waals surface area contributed by atoms with Crippen LogP contribution in [0.25, 0.3) is 32.0 Å². The first-order valence-electron chi connectivity index (χ1n) is 12.2. The quantitative estimate of drug-likeness (QED) is 0.467. The van der Waals surface area contributed by atoms with Crippen molar-refractivity contribution in [1.82, 2.24) is 30.0 Å². The lowest BCUT2D eigenvalue weighted by Gasteiger charge is -2.40. The normalized spacial score (nSPS) is 17.8. The average Bonchev–Trinajstić information content (AvgIpc) is 3.55. The summed E-state index contributed by atoms with van der Waals surface area (Å²) in [6.07, 6.45) is 5.50. The minimum Gasteiger partial charge on any atom is -0.379 e. The van der Waals surface area contributed by atoms with Crippen molar-refractivity contribution in [3.63, 3.8) is 0 Å². The summed E-state index contributed by atoms with van der Waals surface area (Å²) in [7, 11) is 0. The Kier molecular flexibility index (Phi) is 6.05. The Morgan fingerprint density at radius 2 is 1.94 bits per heavy atom. The third-order valence-electron chi connectivity index (χ3n) is 7.08. The number of morpholine rings is 1. The van der Waals surface area contributed by atoms with Gasteiger partial charge in [0.2, 0.25) is 0 Å². The Morgan fingerprint density at radius 3 is 2.71 bits per heavy atom. The van der Waals surface area contributed by atoms with Crippen molar-refractivity contribution >= 4 is 28.1 Å². The number of piperidine rings is 1. The number of nitrogens with one attached hydrogen (secondary N) is 1. The van der Waals surface area contributed by atoms with Crippen LogP contribution in [-0.4, -0.2) is 81.3 Å². The molecule has 0 spiro atoms. The third kappa shape index (κ3) is 4.24. The van der Waals surface area contributed by atoms with Crippen LogP contribution < -0.4 is 0 Å². The molecule has 9 heteroatoms. The molecule has 1 aromatic carbocycles. The summed E-state index contributed by atoms with van der Waals surface area (Å²) in [5.41, 5.74) is 4.30. The first-order chi connectivity index (χ1) is 17.2. The fourth-order valence-corrected chi connectivity index (χ4v) is 6.18. The highest BCUT2D eigenvalue weighted by Crippen LogP contribution is 2.38. The topological polar surface area (TPSA) is 87.2 Å². The number of aromatic nitrogens is 4. The molecule has 0 unspecified atom stereocenters. The number of aryl methyl sites for hydroxylation is 1. The largest absolute Gasteiger partial charge is 0.379 e. The number of carbonyl (C=O) groups is 1. The van der Waals surface area contributed by atoms with Crippen LogP contribution in [-0.2, 0) is 4.74 Å². The van der Waals surface area contributed by atoms with Gasteiger partial charge in [-0.25, -0.2) is 4.98 Å². The van der Waals surface area contributed by atoms with Gasteiger partial charge in [0.15, 0.2) is 0 Å². The average molecular weight is 489 g/mol. The van der Waals surface area contributed by atoms with Gasteiger partial charge >= 0.3 is 0 Å². The Morgan fingerprint density at radius 1 is 1.11 bits per heavy atom. The fraction of sp³-hybridized carbons (Fsp3) is 0.385. The summed E-state index contributed by atoms with van der Waals surface area (Å²) in [6, 6.07) is 10.5. The molecule has 35 heavy (non-hydrogen) atoms. The summed E-state index contributed by atoms with van der Waals surface area (Å²) >= 11 is 1.50. The van der Waals surface area contributed by atoms with Gasteiger partial charge in [0.1, 0.15) is 16.4 Å². The summed E-state index contributed by atoms with van der Waals surface area (Å²) in [5, 5.41) is 9.48. The molecule has 2 fully saturated rings. The number of pyridine rings is 1. The van der Waals surface area contributed by atoms with Crippen LogP contribution in [0.3, 0.4) is 0 Å². The second-order valence-electron chi connectivity index (χ2n) is 9.18. The Labute approximate surface area is 208 Å². The number of thiazole rings is 1. The van der Waals surface area contributed by atoms with Crippen LogP contribution in [0, 0.1) is 6.92 Å². The van der Waals surface area contributed by atoms with Gasteiger partial charge in [-0.15, -0.1) is 11.3 Å². The van der Waals surface area contributed by atoms with Gasteiger partial charge in [-0.05, 0) is 31.4 Å². The molecule has 1 N–H and O–H groups in total. The molecular weight excluding hydrogens is 460 g/mol. The van der Waals surface area contributed by atoms with Gasteiger partial charge in [-0.2, -0.15) is 5.10 Å². The van der Waals surface area contributed by atoms with Gasteiger partial charge in [0, 0.05) is 55.6 Å². The first kappa shape index (κ1) is 22.3. The maximum Gasteiger partial charge on any atom is 0.274 e. The van der Waals surface area contributed by atoms with E-state index in [1.807, 2.05) is 29.2 Å². The van der Waals surface area contributed by atoms with Gasteiger partial charge in [-0.1, -0.05) is 24.3 Å². The van der Waals surface area contributed by atoms with E-state index in [0.717, 1.165) is 89.8 Å². The molecule has 1 amide bonds. The molecule has 0 bridgehead atoms. The van der Waals surface area contributed by atoms with Gasteiger partial charge in [-0.3, -0.25) is 19.8 Å². The molecule has 4 aromatic rings. The SMILES string of the molecule is Cc1cccc2c(-c3nc(C(=O)N4CCC(N5CCOCC5)CC4)c(-c4cccnc4)s3)n[nH]c12. The molecule has 0 radical (unpaired) electrons. The molecule has 3 aromatic heterocycles. The number of hydrogen-bond acceptors (Lipinski definition) is 7. The molecular formula is C26H28N6O2S. The van der Waals surface area contributed by atoms with E-state index in [4.69, 9.17) is 9.72 Å². The highest BCUT2D eigenvalue weighted by molar-refractivity contribution is 7.18. The Balaban J connectivity index is 1.31. The molecule has 0 saturated carbocycles. The number of aromatic amines is 1. The zero-order valence-electron chi connectivity index (χ0n) is 19.7. The zero-order chi connectivity index (χ0) is 23.8. The number of H-pyrrole nitrogens is 1. The van der Waals surface area contributed by atoms with Crippen LogP contribution in [0.5, 0.6) is 0 Å². The van der Waals surface area contributed by atoms with Crippen LogP contribution in [0.15, 0.2) is 42.7 Å². The summed E-state index contributed by atoms with van der Waals surface area (Å²) in [6.45, 7) is 7.11. The van der Waals surface area contributed by atoms with Gasteiger partial charge in [0.05, 0.1) is 23.6 Å². The summed E-state index contributed by atoms with van der Waals surface area (Å²) in [5.74, 6) is -0.0113. The number of amides is 1. The summed E-state index contributed by atoms with van der Waals surface area (Å²) < 4.78 is 5.50. The molecule has 180 valence electrons. The number of likely N-dealkylation sites (tertiary alicyclic amines) is 1. The van der Waals surface area contributed by atoms with E-state index in [2.05, 4.69) is 33.1 Å².